The van der Waals surface area contributed by atoms with Crippen LogP contribution in [0.5, 0.6) is 5.75 Å². The fraction of sp³-hybridized carbons (Fsp3) is 0.346. The van der Waals surface area contributed by atoms with Crippen molar-refractivity contribution in [3.8, 4) is 11.6 Å². The summed E-state index contributed by atoms with van der Waals surface area (Å²) in [7, 11) is 0. The molecular formula is C26H27F3N6O3S. The summed E-state index contributed by atoms with van der Waals surface area (Å²) in [5.74, 6) is -4.11. The summed E-state index contributed by atoms with van der Waals surface area (Å²) in [4.78, 5) is 30.1. The number of thioether (sulfide) groups is 1. The van der Waals surface area contributed by atoms with Crippen LogP contribution in [0.2, 0.25) is 0 Å². The highest BCUT2D eigenvalue weighted by Gasteiger charge is 2.35. The van der Waals surface area contributed by atoms with Gasteiger partial charge < -0.3 is 20.8 Å². The van der Waals surface area contributed by atoms with Gasteiger partial charge in [0.25, 0.3) is 11.8 Å². The third-order valence-corrected chi connectivity index (χ3v) is 6.54. The number of fused-ring (bicyclic) bond motifs is 1. The van der Waals surface area contributed by atoms with Crippen molar-refractivity contribution in [1.82, 2.24) is 20.1 Å². The smallest absolute Gasteiger partial charge is 0.278 e. The SMILES string of the molecule is CCc1cc(OCC(C)(F)F)cc(F)c1[C@H]1Cc2nn(-c3ccc(C=N)cn3)c(NC(=O)CSC)c2C(=O)N1. The zero-order chi connectivity index (χ0) is 28.3. The number of alkyl halides is 2. The van der Waals surface area contributed by atoms with Gasteiger partial charge in [0.05, 0.1) is 17.5 Å². The number of anilines is 1. The molecule has 0 radical (unpaired) electrons. The molecule has 0 fully saturated rings. The molecule has 39 heavy (non-hydrogen) atoms. The number of rotatable bonds is 10. The summed E-state index contributed by atoms with van der Waals surface area (Å²) >= 11 is 1.31. The normalized spacial score (nSPS) is 14.9. The molecule has 0 saturated heterocycles. The first kappa shape index (κ1) is 28.1. The number of hydrogen-bond donors (Lipinski definition) is 3. The lowest BCUT2D eigenvalue weighted by atomic mass is 9.91. The maximum Gasteiger partial charge on any atom is 0.278 e. The van der Waals surface area contributed by atoms with Gasteiger partial charge in [-0.2, -0.15) is 21.5 Å². The number of hydrogen-bond acceptors (Lipinski definition) is 7. The lowest BCUT2D eigenvalue weighted by Gasteiger charge is -2.26. The van der Waals surface area contributed by atoms with Gasteiger partial charge in [0, 0.05) is 42.9 Å². The first-order chi connectivity index (χ1) is 18.5. The minimum Gasteiger partial charge on any atom is -0.487 e. The van der Waals surface area contributed by atoms with Crippen LogP contribution in [0, 0.1) is 11.2 Å². The first-order valence-corrected chi connectivity index (χ1v) is 13.4. The molecule has 0 saturated carbocycles. The second-order valence-corrected chi connectivity index (χ2v) is 9.94. The first-order valence-electron chi connectivity index (χ1n) is 12.1. The largest absolute Gasteiger partial charge is 0.487 e. The van der Waals surface area contributed by atoms with E-state index in [1.54, 1.807) is 25.3 Å². The Hall–Kier alpha value is -3.87. The van der Waals surface area contributed by atoms with Crippen molar-refractivity contribution in [2.45, 2.75) is 38.7 Å². The van der Waals surface area contributed by atoms with Gasteiger partial charge in [0.15, 0.2) is 18.2 Å². The predicted octanol–water partition coefficient (Wildman–Crippen LogP) is 4.33. The van der Waals surface area contributed by atoms with Gasteiger partial charge in [0.1, 0.15) is 17.1 Å². The van der Waals surface area contributed by atoms with Crippen LogP contribution < -0.4 is 15.4 Å². The number of halogens is 3. The van der Waals surface area contributed by atoms with E-state index < -0.39 is 30.3 Å². The summed E-state index contributed by atoms with van der Waals surface area (Å²) in [6.45, 7) is 1.60. The van der Waals surface area contributed by atoms with Crippen molar-refractivity contribution in [1.29, 1.82) is 5.41 Å². The van der Waals surface area contributed by atoms with E-state index >= 15 is 4.39 Å². The Morgan fingerprint density at radius 1 is 1.38 bits per heavy atom. The van der Waals surface area contributed by atoms with Crippen molar-refractivity contribution in [2.24, 2.45) is 0 Å². The van der Waals surface area contributed by atoms with Crippen LogP contribution in [0.4, 0.5) is 19.0 Å². The molecule has 1 aliphatic heterocycles. The molecule has 3 N–H and O–H groups in total. The van der Waals surface area contributed by atoms with Crippen molar-refractivity contribution >= 4 is 35.6 Å². The summed E-state index contributed by atoms with van der Waals surface area (Å²) in [5.41, 5.74) is 1.73. The van der Waals surface area contributed by atoms with Crippen LogP contribution in [0.15, 0.2) is 30.5 Å². The highest BCUT2D eigenvalue weighted by Crippen LogP contribution is 2.35. The number of aromatic nitrogens is 3. The van der Waals surface area contributed by atoms with Gasteiger partial charge in [0.2, 0.25) is 5.91 Å². The average Bonchev–Trinajstić information content (AvgIpc) is 3.25. The molecule has 206 valence electrons. The maximum atomic E-state index is 15.4. The average molecular weight is 561 g/mol. The maximum absolute atomic E-state index is 15.4. The zero-order valence-electron chi connectivity index (χ0n) is 21.5. The van der Waals surface area contributed by atoms with Crippen LogP contribution in [0.3, 0.4) is 0 Å². The monoisotopic (exact) mass is 560 g/mol. The summed E-state index contributed by atoms with van der Waals surface area (Å²) in [5, 5.41) is 17.5. The third-order valence-electron chi connectivity index (χ3n) is 5.99. The number of benzene rings is 1. The van der Waals surface area contributed by atoms with Crippen molar-refractivity contribution in [3.63, 3.8) is 0 Å². The quantitative estimate of drug-likeness (QED) is 0.318. The molecule has 0 bridgehead atoms. The standard InChI is InChI=1S/C26H27F3N6O3S/c1-4-15-7-16(38-13-26(2,28)29)8-17(27)22(15)18-9-19-23(25(37)32-18)24(33-21(36)12-39-3)35(34-19)20-6-5-14(10-30)11-31-20/h5-8,10-11,18,30H,4,9,12-13H2,1-3H3,(H,32,37)(H,33,36)/t18-/m1/s1. The van der Waals surface area contributed by atoms with E-state index in [2.05, 4.69) is 20.7 Å². The number of nitrogens with zero attached hydrogens (tertiary/aromatic N) is 3. The minimum atomic E-state index is -3.08. The Morgan fingerprint density at radius 2 is 2.15 bits per heavy atom. The van der Waals surface area contributed by atoms with Crippen LogP contribution in [-0.4, -0.2) is 57.3 Å². The Bertz CT molecular complexity index is 1410. The summed E-state index contributed by atoms with van der Waals surface area (Å²) in [6.07, 6.45) is 4.83. The molecule has 1 atom stereocenters. The molecule has 0 aliphatic carbocycles. The lowest BCUT2D eigenvalue weighted by molar-refractivity contribution is -0.113. The van der Waals surface area contributed by atoms with Gasteiger partial charge in [-0.25, -0.2) is 18.2 Å². The Labute approximate surface area is 227 Å². The molecule has 2 aromatic heterocycles. The van der Waals surface area contributed by atoms with Gasteiger partial charge >= 0.3 is 0 Å². The fourth-order valence-electron chi connectivity index (χ4n) is 4.31. The molecule has 3 aromatic rings. The van der Waals surface area contributed by atoms with Gasteiger partial charge in [-0.15, -0.1) is 0 Å². The Morgan fingerprint density at radius 3 is 2.77 bits per heavy atom. The minimum absolute atomic E-state index is 0.0278. The Kier molecular flexibility index (Phi) is 8.28. The third kappa shape index (κ3) is 6.24. The summed E-state index contributed by atoms with van der Waals surface area (Å²) < 4.78 is 48.3. The topological polar surface area (TPSA) is 122 Å². The molecule has 4 rings (SSSR count). The van der Waals surface area contributed by atoms with Crippen molar-refractivity contribution in [2.75, 3.05) is 23.9 Å². The number of nitrogens with one attached hydrogen (secondary N) is 3. The molecular weight excluding hydrogens is 533 g/mol. The lowest BCUT2D eigenvalue weighted by Crippen LogP contribution is -2.36. The van der Waals surface area contributed by atoms with Crippen molar-refractivity contribution < 1.29 is 27.5 Å². The van der Waals surface area contributed by atoms with E-state index in [1.165, 1.54) is 28.7 Å². The second kappa shape index (κ2) is 11.5. The fourth-order valence-corrected chi connectivity index (χ4v) is 4.64. The number of amides is 2. The van der Waals surface area contributed by atoms with E-state index in [1.807, 2.05) is 0 Å². The molecule has 13 heteroatoms. The number of pyridine rings is 1. The molecule has 3 heterocycles. The van der Waals surface area contributed by atoms with Gasteiger partial charge in [-0.3, -0.25) is 9.59 Å². The van der Waals surface area contributed by atoms with Crippen LogP contribution in [0.25, 0.3) is 5.82 Å². The molecule has 9 nitrogen and oxygen atoms in total. The van der Waals surface area contributed by atoms with Crippen LogP contribution >= 0.6 is 11.8 Å². The van der Waals surface area contributed by atoms with Crippen LogP contribution in [-0.2, 0) is 17.6 Å². The zero-order valence-corrected chi connectivity index (χ0v) is 22.3. The number of carbonyl (C=O) groups excluding carboxylic acids is 2. The second-order valence-electron chi connectivity index (χ2n) is 9.08. The van der Waals surface area contributed by atoms with E-state index in [0.717, 1.165) is 12.3 Å². The number of ether oxygens (including phenoxy) is 1. The summed E-state index contributed by atoms with van der Waals surface area (Å²) in [6, 6.07) is 4.98. The van der Waals surface area contributed by atoms with E-state index in [4.69, 9.17) is 10.1 Å². The molecule has 0 spiro atoms. The molecule has 1 aromatic carbocycles. The van der Waals surface area contributed by atoms with Gasteiger partial charge in [-0.1, -0.05) is 6.92 Å². The molecule has 0 unspecified atom stereocenters. The number of carbonyl (C=O) groups is 2. The Balaban J connectivity index is 1.73. The highest BCUT2D eigenvalue weighted by molar-refractivity contribution is 7.99. The van der Waals surface area contributed by atoms with E-state index in [9.17, 15) is 18.4 Å². The predicted molar refractivity (Wildman–Crippen MR) is 142 cm³/mol. The van der Waals surface area contributed by atoms with Crippen molar-refractivity contribution in [3.05, 3.63) is 64.2 Å². The van der Waals surface area contributed by atoms with Gasteiger partial charge in [-0.05, 0) is 36.4 Å². The van der Waals surface area contributed by atoms with E-state index in [0.29, 0.717) is 36.0 Å². The molecule has 1 aliphatic rings. The molecule has 2 amide bonds. The van der Waals surface area contributed by atoms with E-state index in [-0.39, 0.29) is 40.8 Å². The number of aryl methyl sites for hydroxylation is 1. The highest BCUT2D eigenvalue weighted by atomic mass is 32.2. The van der Waals surface area contributed by atoms with Crippen LogP contribution in [0.1, 0.15) is 52.6 Å².